The number of Topliss-reactive ketones (excluding diaryl/α,β-unsaturated/α-hetero) is 1. The summed E-state index contributed by atoms with van der Waals surface area (Å²) in [5.41, 5.74) is -2.13. The molecule has 14 heteroatoms. The molecule has 46 heavy (non-hydrogen) atoms. The van der Waals surface area contributed by atoms with E-state index < -0.39 is 45.4 Å². The molecule has 1 heterocycles. The highest BCUT2D eigenvalue weighted by atomic mass is 19.4. The summed E-state index contributed by atoms with van der Waals surface area (Å²) in [6.07, 6.45) is -8.78. The fourth-order valence-corrected chi connectivity index (χ4v) is 5.56. The van der Waals surface area contributed by atoms with E-state index in [1.54, 1.807) is 0 Å². The lowest BCUT2D eigenvalue weighted by Crippen LogP contribution is -2.28. The molecule has 0 unspecified atom stereocenters. The van der Waals surface area contributed by atoms with E-state index >= 15 is 0 Å². The summed E-state index contributed by atoms with van der Waals surface area (Å²) < 4.78 is 80.2. The summed E-state index contributed by atoms with van der Waals surface area (Å²) in [4.78, 5) is 39.3. The highest BCUT2D eigenvalue weighted by molar-refractivity contribution is 6.04. The Morgan fingerprint density at radius 2 is 1.61 bits per heavy atom. The molecular formula is C32H26F6N4O4. The molecule has 1 aromatic heterocycles. The Labute approximate surface area is 258 Å². The highest BCUT2D eigenvalue weighted by Crippen LogP contribution is 2.42. The van der Waals surface area contributed by atoms with Crippen molar-refractivity contribution in [3.63, 3.8) is 0 Å². The minimum absolute atomic E-state index is 0.0690. The molecule has 3 aromatic carbocycles. The molecule has 240 valence electrons. The molecule has 1 aliphatic carbocycles. The molecule has 0 fully saturated rings. The molecule has 0 saturated carbocycles. The number of halogens is 6. The number of fused-ring (bicyclic) bond motifs is 1. The fraction of sp³-hybridized carbons (Fsp3) is 0.281. The number of nitrogens with zero attached hydrogens (tertiary/aromatic N) is 4. The molecule has 4 aromatic rings. The number of benzene rings is 3. The average molecular weight is 645 g/mol. The highest BCUT2D eigenvalue weighted by Gasteiger charge is 2.39. The molecule has 0 radical (unpaired) electrons. The van der Waals surface area contributed by atoms with Crippen molar-refractivity contribution in [1.82, 2.24) is 14.7 Å². The Kier molecular flexibility index (Phi) is 8.03. The fourth-order valence-electron chi connectivity index (χ4n) is 5.56. The van der Waals surface area contributed by atoms with E-state index in [-0.39, 0.29) is 58.8 Å². The van der Waals surface area contributed by atoms with E-state index in [0.717, 1.165) is 35.2 Å². The summed E-state index contributed by atoms with van der Waals surface area (Å²) in [6.45, 7) is 3.46. The predicted octanol–water partition coefficient (Wildman–Crippen LogP) is 7.91. The van der Waals surface area contributed by atoms with Gasteiger partial charge in [0.15, 0.2) is 5.78 Å². The second-order valence-corrected chi connectivity index (χ2v) is 11.9. The minimum Gasteiger partial charge on any atom is -0.337 e. The Morgan fingerprint density at radius 1 is 0.957 bits per heavy atom. The summed E-state index contributed by atoms with van der Waals surface area (Å²) in [5, 5.41) is 16.8. The van der Waals surface area contributed by atoms with Gasteiger partial charge in [-0.2, -0.15) is 31.4 Å². The third-order valence-corrected chi connectivity index (χ3v) is 7.70. The van der Waals surface area contributed by atoms with Crippen molar-refractivity contribution >= 4 is 17.4 Å². The van der Waals surface area contributed by atoms with Gasteiger partial charge in [0.2, 0.25) is 0 Å². The van der Waals surface area contributed by atoms with Gasteiger partial charge >= 0.3 is 12.4 Å². The van der Waals surface area contributed by atoms with Crippen LogP contribution in [0.5, 0.6) is 0 Å². The van der Waals surface area contributed by atoms with E-state index in [0.29, 0.717) is 5.69 Å². The van der Waals surface area contributed by atoms with Crippen LogP contribution in [0, 0.1) is 15.5 Å². The van der Waals surface area contributed by atoms with Gasteiger partial charge in [0.1, 0.15) is 11.4 Å². The van der Waals surface area contributed by atoms with Gasteiger partial charge in [0, 0.05) is 37.2 Å². The topological polar surface area (TPSA) is 98.3 Å². The average Bonchev–Trinajstić information content (AvgIpc) is 3.34. The van der Waals surface area contributed by atoms with Crippen molar-refractivity contribution in [1.29, 1.82) is 0 Å². The van der Waals surface area contributed by atoms with E-state index in [1.165, 1.54) is 48.1 Å². The van der Waals surface area contributed by atoms with Crippen LogP contribution in [0.1, 0.15) is 63.4 Å². The first-order valence-electron chi connectivity index (χ1n) is 13.9. The van der Waals surface area contributed by atoms with Crippen molar-refractivity contribution in [3.8, 4) is 16.9 Å². The Balaban J connectivity index is 1.55. The van der Waals surface area contributed by atoms with E-state index in [1.807, 2.05) is 13.8 Å². The summed E-state index contributed by atoms with van der Waals surface area (Å²) in [5.74, 6) is -1.02. The maximum absolute atomic E-state index is 13.3. The molecule has 0 atom stereocenters. The Morgan fingerprint density at radius 3 is 2.22 bits per heavy atom. The maximum Gasteiger partial charge on any atom is 0.416 e. The van der Waals surface area contributed by atoms with Gasteiger partial charge < -0.3 is 4.90 Å². The summed E-state index contributed by atoms with van der Waals surface area (Å²) >= 11 is 0. The van der Waals surface area contributed by atoms with Crippen molar-refractivity contribution in [2.24, 2.45) is 5.41 Å². The van der Waals surface area contributed by atoms with E-state index in [9.17, 15) is 46.0 Å². The van der Waals surface area contributed by atoms with E-state index in [2.05, 4.69) is 5.10 Å². The Bertz CT molecular complexity index is 1860. The summed E-state index contributed by atoms with van der Waals surface area (Å²) in [6, 6.07) is 12.1. The molecular weight excluding hydrogens is 618 g/mol. The second kappa shape index (κ2) is 11.4. The van der Waals surface area contributed by atoms with Crippen molar-refractivity contribution in [3.05, 3.63) is 110 Å². The summed E-state index contributed by atoms with van der Waals surface area (Å²) in [7, 11) is 1.34. The molecule has 0 spiro atoms. The number of hydrogen-bond acceptors (Lipinski definition) is 5. The van der Waals surface area contributed by atoms with Crippen LogP contribution in [0.2, 0.25) is 0 Å². The lowest BCUT2D eigenvalue weighted by molar-refractivity contribution is -0.384. The van der Waals surface area contributed by atoms with Gasteiger partial charge in [-0.3, -0.25) is 19.7 Å². The van der Waals surface area contributed by atoms with Gasteiger partial charge in [0.25, 0.3) is 11.6 Å². The number of carbonyl (C=O) groups excluding carboxylic acids is 2. The van der Waals surface area contributed by atoms with Gasteiger partial charge in [0.05, 0.1) is 27.3 Å². The van der Waals surface area contributed by atoms with Crippen LogP contribution in [0.15, 0.2) is 66.7 Å². The number of carbonyl (C=O) groups is 2. The lowest BCUT2D eigenvalue weighted by atomic mass is 9.75. The van der Waals surface area contributed by atoms with Crippen LogP contribution in [0.4, 0.5) is 32.0 Å². The zero-order chi connectivity index (χ0) is 33.8. The number of hydrogen-bond donors (Lipinski definition) is 0. The molecule has 1 amide bonds. The maximum atomic E-state index is 13.3. The van der Waals surface area contributed by atoms with Gasteiger partial charge in [-0.25, -0.2) is 4.68 Å². The van der Waals surface area contributed by atoms with Crippen LogP contribution < -0.4 is 0 Å². The van der Waals surface area contributed by atoms with Crippen LogP contribution in [0.25, 0.3) is 16.9 Å². The zero-order valence-corrected chi connectivity index (χ0v) is 24.7. The first-order chi connectivity index (χ1) is 21.4. The molecule has 0 aliphatic heterocycles. The van der Waals surface area contributed by atoms with Gasteiger partial charge in [-0.15, -0.1) is 0 Å². The third kappa shape index (κ3) is 6.37. The molecule has 0 saturated heterocycles. The van der Waals surface area contributed by atoms with Gasteiger partial charge in [-0.1, -0.05) is 38.1 Å². The molecule has 5 rings (SSSR count). The predicted molar refractivity (Wildman–Crippen MR) is 154 cm³/mol. The largest absolute Gasteiger partial charge is 0.416 e. The first kappa shape index (κ1) is 32.4. The lowest BCUT2D eigenvalue weighted by Gasteiger charge is -2.29. The number of nitro groups is 1. The quantitative estimate of drug-likeness (QED) is 0.121. The van der Waals surface area contributed by atoms with Crippen LogP contribution in [0.3, 0.4) is 0 Å². The smallest absolute Gasteiger partial charge is 0.337 e. The van der Waals surface area contributed by atoms with Gasteiger partial charge in [-0.05, 0) is 53.8 Å². The third-order valence-electron chi connectivity index (χ3n) is 7.70. The number of ketones is 1. The minimum atomic E-state index is -4.59. The second-order valence-electron chi connectivity index (χ2n) is 11.9. The standard InChI is InChI=1S/C32H26F6N4O4/c1-30(2)15-25-27(26(43)16-30)28(19-7-10-21(11-8-19)31(33,34)35)39-41(25)23-12-9-20(14-24(23)42(45)46)29(44)40(3)17-18-5-4-6-22(13-18)32(36,37)38/h4-14H,15-17H2,1-3H3. The van der Waals surface area contributed by atoms with Crippen molar-refractivity contribution in [2.75, 3.05) is 7.05 Å². The zero-order valence-electron chi connectivity index (χ0n) is 24.7. The van der Waals surface area contributed by atoms with Crippen molar-refractivity contribution in [2.45, 2.75) is 45.6 Å². The van der Waals surface area contributed by atoms with E-state index in [4.69, 9.17) is 0 Å². The number of alkyl halides is 6. The van der Waals surface area contributed by atoms with Crippen LogP contribution >= 0.6 is 0 Å². The number of nitro benzene ring substituents is 1. The number of rotatable bonds is 6. The molecule has 0 N–H and O–H groups in total. The van der Waals surface area contributed by atoms with Crippen molar-refractivity contribution < 1.29 is 40.9 Å². The normalized spacial score (nSPS) is 14.6. The molecule has 8 nitrogen and oxygen atoms in total. The Hall–Kier alpha value is -5.01. The first-order valence-corrected chi connectivity index (χ1v) is 13.9. The van der Waals surface area contributed by atoms with Crippen LogP contribution in [-0.2, 0) is 25.3 Å². The number of aromatic nitrogens is 2. The molecule has 1 aliphatic rings. The monoisotopic (exact) mass is 644 g/mol. The van der Waals surface area contributed by atoms with Crippen LogP contribution in [-0.4, -0.2) is 38.3 Å². The SMILES string of the molecule is CN(Cc1cccc(C(F)(F)F)c1)C(=O)c1ccc(-n2nc(-c3ccc(C(F)(F)F)cc3)c3c2CC(C)(C)CC3=O)c([N+](=O)[O-])c1. The number of amides is 1. The molecule has 0 bridgehead atoms.